The van der Waals surface area contributed by atoms with Crippen LogP contribution >= 0.6 is 31.9 Å². The maximum absolute atomic E-state index is 12.7. The maximum Gasteiger partial charge on any atom is 0.339 e. The first-order chi connectivity index (χ1) is 14.8. The molecule has 0 aromatic heterocycles. The standard InChI is InChI=1S/C22H14Br2N2O4S/c23-17-12-15(11-16(14-25)22(27)26-18-7-3-1-4-8-18)21(20(24)13-17)30-31(28,29)19-9-5-2-6-10-19/h1-13H,(H,26,27)/b16-11+. The molecular weight excluding hydrogens is 548 g/mol. The van der Waals surface area contributed by atoms with Crippen LogP contribution < -0.4 is 9.50 Å². The number of anilines is 1. The Kier molecular flexibility index (Phi) is 7.28. The van der Waals surface area contributed by atoms with Crippen LogP contribution in [0.1, 0.15) is 5.56 Å². The Hall–Kier alpha value is -2.93. The Balaban J connectivity index is 2.00. The Morgan fingerprint density at radius 1 is 1.00 bits per heavy atom. The van der Waals surface area contributed by atoms with Crippen LogP contribution in [0.5, 0.6) is 5.75 Å². The van der Waals surface area contributed by atoms with Gasteiger partial charge in [-0.25, -0.2) is 0 Å². The van der Waals surface area contributed by atoms with Crippen LogP contribution in [0.25, 0.3) is 6.08 Å². The topological polar surface area (TPSA) is 96.3 Å². The Bertz CT molecular complexity index is 1290. The van der Waals surface area contributed by atoms with Crippen LogP contribution in [-0.4, -0.2) is 14.3 Å². The van der Waals surface area contributed by atoms with Gasteiger partial charge in [-0.15, -0.1) is 0 Å². The molecule has 3 aromatic carbocycles. The predicted octanol–water partition coefficient (Wildman–Crippen LogP) is 5.52. The summed E-state index contributed by atoms with van der Waals surface area (Å²) in [5, 5.41) is 12.1. The Morgan fingerprint density at radius 2 is 1.61 bits per heavy atom. The largest absolute Gasteiger partial charge is 0.377 e. The summed E-state index contributed by atoms with van der Waals surface area (Å²) in [5.74, 6) is -0.686. The molecule has 0 saturated carbocycles. The van der Waals surface area contributed by atoms with Gasteiger partial charge in [0.05, 0.1) is 4.47 Å². The summed E-state index contributed by atoms with van der Waals surface area (Å²) in [4.78, 5) is 12.5. The summed E-state index contributed by atoms with van der Waals surface area (Å²) < 4.78 is 31.7. The first-order valence-electron chi connectivity index (χ1n) is 8.77. The zero-order valence-electron chi connectivity index (χ0n) is 15.7. The molecule has 3 rings (SSSR count). The van der Waals surface area contributed by atoms with E-state index in [2.05, 4.69) is 37.2 Å². The third-order valence-corrected chi connectivity index (χ3v) is 6.24. The summed E-state index contributed by atoms with van der Waals surface area (Å²) >= 11 is 6.62. The molecule has 0 saturated heterocycles. The number of carbonyl (C=O) groups is 1. The predicted molar refractivity (Wildman–Crippen MR) is 125 cm³/mol. The number of nitrogens with one attached hydrogen (secondary N) is 1. The molecule has 3 aromatic rings. The third-order valence-electron chi connectivity index (χ3n) is 3.96. The molecule has 156 valence electrons. The van der Waals surface area contributed by atoms with E-state index in [1.165, 1.54) is 18.2 Å². The Labute approximate surface area is 196 Å². The van der Waals surface area contributed by atoms with E-state index in [0.717, 1.165) is 0 Å². The lowest BCUT2D eigenvalue weighted by atomic mass is 10.1. The van der Waals surface area contributed by atoms with Crippen LogP contribution in [0.4, 0.5) is 5.69 Å². The highest BCUT2D eigenvalue weighted by molar-refractivity contribution is 9.11. The highest BCUT2D eigenvalue weighted by Crippen LogP contribution is 2.36. The fourth-order valence-electron chi connectivity index (χ4n) is 2.54. The lowest BCUT2D eigenvalue weighted by Gasteiger charge is -2.13. The first-order valence-corrected chi connectivity index (χ1v) is 11.8. The minimum Gasteiger partial charge on any atom is -0.377 e. The zero-order valence-corrected chi connectivity index (χ0v) is 19.7. The van der Waals surface area contributed by atoms with Gasteiger partial charge >= 0.3 is 10.1 Å². The van der Waals surface area contributed by atoms with E-state index in [4.69, 9.17) is 4.18 Å². The average molecular weight is 562 g/mol. The van der Waals surface area contributed by atoms with E-state index in [-0.39, 0.29) is 21.8 Å². The fourth-order valence-corrected chi connectivity index (χ4v) is 4.98. The number of rotatable bonds is 6. The summed E-state index contributed by atoms with van der Waals surface area (Å²) in [6, 6.07) is 21.3. The van der Waals surface area contributed by atoms with E-state index in [0.29, 0.717) is 14.6 Å². The number of nitriles is 1. The van der Waals surface area contributed by atoms with Crippen molar-refractivity contribution in [3.05, 3.63) is 92.9 Å². The van der Waals surface area contributed by atoms with Gasteiger partial charge < -0.3 is 9.50 Å². The second-order valence-electron chi connectivity index (χ2n) is 6.15. The highest BCUT2D eigenvalue weighted by Gasteiger charge is 2.21. The van der Waals surface area contributed by atoms with Crippen molar-refractivity contribution in [1.82, 2.24) is 0 Å². The van der Waals surface area contributed by atoms with E-state index in [1.807, 2.05) is 6.07 Å². The molecule has 0 unspecified atom stereocenters. The molecule has 6 nitrogen and oxygen atoms in total. The van der Waals surface area contributed by atoms with Gasteiger partial charge in [-0.1, -0.05) is 52.3 Å². The van der Waals surface area contributed by atoms with Crippen LogP contribution in [0.15, 0.2) is 92.2 Å². The number of hydrogen-bond acceptors (Lipinski definition) is 5. The molecule has 0 spiro atoms. The lowest BCUT2D eigenvalue weighted by molar-refractivity contribution is -0.112. The van der Waals surface area contributed by atoms with E-state index in [9.17, 15) is 18.5 Å². The molecule has 0 atom stereocenters. The number of nitrogens with zero attached hydrogens (tertiary/aromatic N) is 1. The van der Waals surface area contributed by atoms with Gasteiger partial charge in [0.25, 0.3) is 5.91 Å². The number of carbonyl (C=O) groups excluding carboxylic acids is 1. The number of para-hydroxylation sites is 1. The summed E-state index contributed by atoms with van der Waals surface area (Å²) in [7, 11) is -4.14. The van der Waals surface area contributed by atoms with Crippen LogP contribution in [0.3, 0.4) is 0 Å². The second-order valence-corrected chi connectivity index (χ2v) is 9.46. The van der Waals surface area contributed by atoms with Crippen LogP contribution in [0.2, 0.25) is 0 Å². The molecule has 0 aliphatic rings. The van der Waals surface area contributed by atoms with Gasteiger partial charge in [-0.2, -0.15) is 13.7 Å². The van der Waals surface area contributed by atoms with Crippen molar-refractivity contribution in [3.63, 3.8) is 0 Å². The summed E-state index contributed by atoms with van der Waals surface area (Å²) in [6.07, 6.45) is 1.27. The molecule has 1 N–H and O–H groups in total. The number of benzene rings is 3. The van der Waals surface area contributed by atoms with Crippen LogP contribution in [0, 0.1) is 11.3 Å². The maximum atomic E-state index is 12.7. The van der Waals surface area contributed by atoms with Gasteiger partial charge in [0.1, 0.15) is 16.5 Å². The molecule has 1 amide bonds. The van der Waals surface area contributed by atoms with Crippen molar-refractivity contribution in [1.29, 1.82) is 5.26 Å². The minimum absolute atomic E-state index is 0.0259. The molecule has 0 fully saturated rings. The van der Waals surface area contributed by atoms with Crippen molar-refractivity contribution < 1.29 is 17.4 Å². The van der Waals surface area contributed by atoms with Crippen LogP contribution in [-0.2, 0) is 14.9 Å². The molecule has 0 bridgehead atoms. The SMILES string of the molecule is N#C/C(=C\c1cc(Br)cc(Br)c1OS(=O)(=O)c1ccccc1)C(=O)Nc1ccccc1. The van der Waals surface area contributed by atoms with E-state index < -0.39 is 16.0 Å². The van der Waals surface area contributed by atoms with Gasteiger partial charge in [0, 0.05) is 15.7 Å². The zero-order chi connectivity index (χ0) is 22.4. The monoisotopic (exact) mass is 560 g/mol. The average Bonchev–Trinajstić information content (AvgIpc) is 2.75. The quantitative estimate of drug-likeness (QED) is 0.243. The van der Waals surface area contributed by atoms with Crippen molar-refractivity contribution in [2.45, 2.75) is 4.90 Å². The van der Waals surface area contributed by atoms with Gasteiger partial charge in [0.15, 0.2) is 5.75 Å². The van der Waals surface area contributed by atoms with E-state index in [1.54, 1.807) is 60.7 Å². The minimum atomic E-state index is -4.14. The molecule has 0 heterocycles. The van der Waals surface area contributed by atoms with Crippen molar-refractivity contribution in [2.24, 2.45) is 0 Å². The molecule has 0 radical (unpaired) electrons. The Morgan fingerprint density at radius 3 is 2.23 bits per heavy atom. The van der Waals surface area contributed by atoms with Gasteiger partial charge in [-0.3, -0.25) is 4.79 Å². The normalized spacial score (nSPS) is 11.5. The molecular formula is C22H14Br2N2O4S. The molecule has 0 aliphatic carbocycles. The molecule has 9 heteroatoms. The van der Waals surface area contributed by atoms with Gasteiger partial charge in [-0.05, 0) is 58.4 Å². The van der Waals surface area contributed by atoms with Gasteiger partial charge in [0.2, 0.25) is 0 Å². The number of hydrogen-bond donors (Lipinski definition) is 1. The molecule has 0 aliphatic heterocycles. The smallest absolute Gasteiger partial charge is 0.339 e. The van der Waals surface area contributed by atoms with Crippen molar-refractivity contribution >= 4 is 59.6 Å². The number of amides is 1. The molecule has 31 heavy (non-hydrogen) atoms. The van der Waals surface area contributed by atoms with Crippen molar-refractivity contribution in [2.75, 3.05) is 5.32 Å². The fraction of sp³-hybridized carbons (Fsp3) is 0. The third kappa shape index (κ3) is 5.82. The summed E-state index contributed by atoms with van der Waals surface area (Å²) in [6.45, 7) is 0. The highest BCUT2D eigenvalue weighted by atomic mass is 79.9. The second kappa shape index (κ2) is 9.92. The lowest BCUT2D eigenvalue weighted by Crippen LogP contribution is -2.14. The van der Waals surface area contributed by atoms with E-state index >= 15 is 0 Å². The summed E-state index contributed by atoms with van der Waals surface area (Å²) in [5.41, 5.74) is 0.517. The first kappa shape index (κ1) is 22.7. The van der Waals surface area contributed by atoms with Crippen molar-refractivity contribution in [3.8, 4) is 11.8 Å². The number of halogens is 2.